The summed E-state index contributed by atoms with van der Waals surface area (Å²) < 4.78 is 29.9. The van der Waals surface area contributed by atoms with Crippen LogP contribution in [0.25, 0.3) is 0 Å². The Morgan fingerprint density at radius 3 is 1.38 bits per heavy atom. The summed E-state index contributed by atoms with van der Waals surface area (Å²) in [4.78, 5) is 0. The van der Waals surface area contributed by atoms with Crippen LogP contribution in [0.1, 0.15) is 52.4 Å². The van der Waals surface area contributed by atoms with Crippen molar-refractivity contribution in [3.8, 4) is 0 Å². The first kappa shape index (κ1) is 25.5. The molecule has 2 rings (SSSR count). The Balaban J connectivity index is 1.71. The molecule has 0 amide bonds. The first-order valence-electron chi connectivity index (χ1n) is 11.6. The highest BCUT2D eigenvalue weighted by atomic mass is 28.4. The minimum Gasteiger partial charge on any atom is -0.455 e. The van der Waals surface area contributed by atoms with Crippen LogP contribution in [0.5, 0.6) is 0 Å². The van der Waals surface area contributed by atoms with Gasteiger partial charge in [-0.3, -0.25) is 0 Å². The molecule has 0 saturated carbocycles. The van der Waals surface area contributed by atoms with Crippen LogP contribution in [-0.2, 0) is 23.1 Å². The van der Waals surface area contributed by atoms with Crippen molar-refractivity contribution in [1.29, 1.82) is 0 Å². The maximum atomic E-state index is 6.84. The Morgan fingerprint density at radius 1 is 0.759 bits per heavy atom. The molecule has 0 aliphatic carbocycles. The number of hydrogen-bond acceptors (Lipinski definition) is 5. The molecule has 29 heavy (non-hydrogen) atoms. The van der Waals surface area contributed by atoms with Crippen LogP contribution in [0.15, 0.2) is 0 Å². The highest BCUT2D eigenvalue weighted by Crippen LogP contribution is 2.37. The standard InChI is InChI=1S/C22H46O5Si2/c1-9-21(23-3)17-25-19(21)13-11-15-28(5,6)27-29(7,8)16-12-14-20-22(10-2,24-4)18-26-20/h19-20H,9-18H2,1-8H3. The molecule has 2 aliphatic rings. The SMILES string of the molecule is CCC1(OC)COC1CCC[Si](C)(C)O[Si](C)(C)CCCC1OCC1(CC)OC. The second kappa shape index (κ2) is 10.2. The highest BCUT2D eigenvalue weighted by Gasteiger charge is 2.48. The fraction of sp³-hybridized carbons (Fsp3) is 1.00. The van der Waals surface area contributed by atoms with Crippen molar-refractivity contribution >= 4 is 16.6 Å². The summed E-state index contributed by atoms with van der Waals surface area (Å²) in [5.74, 6) is 0. The van der Waals surface area contributed by atoms with Crippen molar-refractivity contribution in [2.75, 3.05) is 27.4 Å². The van der Waals surface area contributed by atoms with Gasteiger partial charge in [0.15, 0.2) is 16.6 Å². The van der Waals surface area contributed by atoms with E-state index in [1.165, 1.54) is 24.9 Å². The van der Waals surface area contributed by atoms with Gasteiger partial charge in [0.1, 0.15) is 11.2 Å². The number of hydrogen-bond donors (Lipinski definition) is 0. The molecule has 0 aromatic rings. The minimum atomic E-state index is -1.67. The molecule has 4 atom stereocenters. The van der Waals surface area contributed by atoms with Gasteiger partial charge in [-0.2, -0.15) is 0 Å². The molecule has 0 aromatic heterocycles. The van der Waals surface area contributed by atoms with Crippen molar-refractivity contribution in [2.24, 2.45) is 0 Å². The van der Waals surface area contributed by atoms with Crippen molar-refractivity contribution in [3.63, 3.8) is 0 Å². The highest BCUT2D eigenvalue weighted by molar-refractivity contribution is 6.84. The van der Waals surface area contributed by atoms with E-state index in [0.717, 1.165) is 38.9 Å². The van der Waals surface area contributed by atoms with Gasteiger partial charge in [0.2, 0.25) is 0 Å². The van der Waals surface area contributed by atoms with E-state index < -0.39 is 16.6 Å². The summed E-state index contributed by atoms with van der Waals surface area (Å²) in [7, 11) is 0.310. The van der Waals surface area contributed by atoms with E-state index in [1.54, 1.807) is 0 Å². The van der Waals surface area contributed by atoms with Gasteiger partial charge in [0.05, 0.1) is 25.4 Å². The van der Waals surface area contributed by atoms with Crippen LogP contribution < -0.4 is 0 Å². The molecule has 7 heteroatoms. The molecule has 2 aliphatic heterocycles. The summed E-state index contributed by atoms with van der Waals surface area (Å²) in [6.07, 6.45) is 7.07. The van der Waals surface area contributed by atoms with Crippen LogP contribution in [0.3, 0.4) is 0 Å². The summed E-state index contributed by atoms with van der Waals surface area (Å²) in [6, 6.07) is 2.39. The number of rotatable bonds is 14. The summed E-state index contributed by atoms with van der Waals surface area (Å²) in [5, 5.41) is 0. The number of methoxy groups -OCH3 is 2. The topological polar surface area (TPSA) is 46.2 Å². The van der Waals surface area contributed by atoms with Crippen LogP contribution in [-0.4, -0.2) is 67.5 Å². The number of ether oxygens (including phenoxy) is 4. The second-order valence-electron chi connectivity index (χ2n) is 10.3. The van der Waals surface area contributed by atoms with E-state index in [1.807, 2.05) is 14.2 Å². The third-order valence-corrected chi connectivity index (χ3v) is 14.8. The molecule has 0 aromatic carbocycles. The lowest BCUT2D eigenvalue weighted by Crippen LogP contribution is -2.59. The van der Waals surface area contributed by atoms with Crippen molar-refractivity contribution in [3.05, 3.63) is 0 Å². The molecular weight excluding hydrogens is 400 g/mol. The van der Waals surface area contributed by atoms with Gasteiger partial charge in [0.25, 0.3) is 0 Å². The maximum Gasteiger partial charge on any atom is 0.173 e. The van der Waals surface area contributed by atoms with E-state index in [0.29, 0.717) is 0 Å². The molecule has 0 radical (unpaired) electrons. The minimum absolute atomic E-state index is 0.0416. The van der Waals surface area contributed by atoms with Crippen LogP contribution in [0, 0.1) is 0 Å². The smallest absolute Gasteiger partial charge is 0.173 e. The molecule has 0 spiro atoms. The van der Waals surface area contributed by atoms with E-state index in [2.05, 4.69) is 40.0 Å². The molecule has 172 valence electrons. The second-order valence-corrected chi connectivity index (χ2v) is 19.1. The Hall–Kier alpha value is 0.234. The molecule has 0 N–H and O–H groups in total. The van der Waals surface area contributed by atoms with E-state index >= 15 is 0 Å². The van der Waals surface area contributed by atoms with Crippen molar-refractivity contribution in [1.82, 2.24) is 0 Å². The van der Waals surface area contributed by atoms with Gasteiger partial charge >= 0.3 is 0 Å². The predicted molar refractivity (Wildman–Crippen MR) is 124 cm³/mol. The maximum absolute atomic E-state index is 6.84. The Kier molecular flexibility index (Phi) is 9.00. The molecule has 5 nitrogen and oxygen atoms in total. The summed E-state index contributed by atoms with van der Waals surface area (Å²) in [6.45, 7) is 15.4. The third-order valence-electron chi connectivity index (χ3n) is 7.28. The summed E-state index contributed by atoms with van der Waals surface area (Å²) >= 11 is 0. The molecule has 2 fully saturated rings. The lowest BCUT2D eigenvalue weighted by molar-refractivity contribution is -0.253. The average Bonchev–Trinajstić information content (AvgIpc) is 2.62. The first-order valence-corrected chi connectivity index (χ1v) is 17.8. The summed E-state index contributed by atoms with van der Waals surface area (Å²) in [5.41, 5.74) is -0.0832. The lowest BCUT2D eigenvalue weighted by Gasteiger charge is -2.48. The zero-order valence-electron chi connectivity index (χ0n) is 20.3. The largest absolute Gasteiger partial charge is 0.455 e. The zero-order valence-corrected chi connectivity index (χ0v) is 22.3. The van der Waals surface area contributed by atoms with Gasteiger partial charge in [-0.15, -0.1) is 0 Å². The van der Waals surface area contributed by atoms with Gasteiger partial charge in [-0.05, 0) is 64.0 Å². The van der Waals surface area contributed by atoms with Gasteiger partial charge in [-0.25, -0.2) is 0 Å². The van der Waals surface area contributed by atoms with Crippen LogP contribution in [0.4, 0.5) is 0 Å². The lowest BCUT2D eigenvalue weighted by atomic mass is 9.86. The van der Waals surface area contributed by atoms with Gasteiger partial charge in [0, 0.05) is 14.2 Å². The Morgan fingerprint density at radius 2 is 1.14 bits per heavy atom. The van der Waals surface area contributed by atoms with E-state index in [4.69, 9.17) is 23.1 Å². The zero-order chi connectivity index (χ0) is 21.8. The molecular formula is C22H46O5Si2. The van der Waals surface area contributed by atoms with Gasteiger partial charge < -0.3 is 23.1 Å². The van der Waals surface area contributed by atoms with Crippen LogP contribution in [0.2, 0.25) is 38.3 Å². The molecule has 2 saturated heterocycles. The molecule has 0 bridgehead atoms. The van der Waals surface area contributed by atoms with Crippen LogP contribution >= 0.6 is 0 Å². The van der Waals surface area contributed by atoms with Crippen molar-refractivity contribution < 1.29 is 23.1 Å². The fourth-order valence-electron chi connectivity index (χ4n) is 5.07. The van der Waals surface area contributed by atoms with E-state index in [-0.39, 0.29) is 23.4 Å². The Bertz CT molecular complexity index is 448. The third kappa shape index (κ3) is 6.14. The Labute approximate surface area is 181 Å². The first-order chi connectivity index (χ1) is 13.6. The molecule has 4 unspecified atom stereocenters. The normalized spacial score (nSPS) is 32.7. The predicted octanol–water partition coefficient (Wildman–Crippen LogP) is 5.36. The van der Waals surface area contributed by atoms with Gasteiger partial charge in [-0.1, -0.05) is 26.7 Å². The quantitative estimate of drug-likeness (QED) is 0.336. The van der Waals surface area contributed by atoms with Crippen molar-refractivity contribution in [2.45, 2.75) is 114 Å². The fourth-order valence-corrected chi connectivity index (χ4v) is 14.0. The average molecular weight is 447 g/mol. The molecule has 2 heterocycles. The van der Waals surface area contributed by atoms with E-state index in [9.17, 15) is 0 Å². The monoisotopic (exact) mass is 446 g/mol.